The van der Waals surface area contributed by atoms with Gasteiger partial charge in [0.05, 0.1) is 38.9 Å². The SMILES string of the molecule is CCCOc1ccc(N2C(=O)C[C@@H]([NH2+]CCC[NH+]3CC[NH+](C)CC3)C2=O)cc1. The van der Waals surface area contributed by atoms with Gasteiger partial charge in [-0.05, 0) is 30.7 Å². The van der Waals surface area contributed by atoms with E-state index in [1.54, 1.807) is 21.9 Å². The van der Waals surface area contributed by atoms with Crippen LogP contribution in [0, 0.1) is 0 Å². The van der Waals surface area contributed by atoms with E-state index in [9.17, 15) is 9.59 Å². The van der Waals surface area contributed by atoms with Crippen LogP contribution in [0.25, 0.3) is 0 Å². The lowest BCUT2D eigenvalue weighted by Crippen LogP contribution is -3.27. The Morgan fingerprint density at radius 3 is 2.54 bits per heavy atom. The summed E-state index contributed by atoms with van der Waals surface area (Å²) in [7, 11) is 2.25. The highest BCUT2D eigenvalue weighted by atomic mass is 16.5. The Balaban J connectivity index is 1.45. The number of carbonyl (C=O) groups is 2. The lowest BCUT2D eigenvalue weighted by atomic mass is 10.2. The van der Waals surface area contributed by atoms with Crippen LogP contribution in [0.1, 0.15) is 26.2 Å². The topological polar surface area (TPSA) is 72.1 Å². The van der Waals surface area contributed by atoms with Gasteiger partial charge in [-0.2, -0.15) is 0 Å². The van der Waals surface area contributed by atoms with Crippen LogP contribution in [0.4, 0.5) is 5.69 Å². The molecule has 2 saturated heterocycles. The number of nitrogens with two attached hydrogens (primary N) is 1. The van der Waals surface area contributed by atoms with E-state index in [0.29, 0.717) is 12.3 Å². The summed E-state index contributed by atoms with van der Waals surface area (Å²) in [6, 6.07) is 6.95. The Morgan fingerprint density at radius 1 is 1.14 bits per heavy atom. The van der Waals surface area contributed by atoms with Crippen LogP contribution >= 0.6 is 0 Å². The predicted molar refractivity (Wildman–Crippen MR) is 107 cm³/mol. The van der Waals surface area contributed by atoms with Crippen LogP contribution in [-0.4, -0.2) is 70.8 Å². The zero-order valence-electron chi connectivity index (χ0n) is 17.2. The zero-order chi connectivity index (χ0) is 19.9. The van der Waals surface area contributed by atoms with Crippen molar-refractivity contribution in [2.75, 3.05) is 57.8 Å². The number of imide groups is 1. The van der Waals surface area contributed by atoms with Crippen LogP contribution < -0.4 is 24.8 Å². The fourth-order valence-electron chi connectivity index (χ4n) is 3.97. The summed E-state index contributed by atoms with van der Waals surface area (Å²) in [5.74, 6) is 0.560. The lowest BCUT2D eigenvalue weighted by molar-refractivity contribution is -1.00. The summed E-state index contributed by atoms with van der Waals surface area (Å²) in [6.45, 7) is 9.72. The molecule has 2 aliphatic heterocycles. The normalized spacial score (nSPS) is 25.4. The van der Waals surface area contributed by atoms with Gasteiger partial charge < -0.3 is 19.9 Å². The molecular formula is C21H35N4O3+3. The molecule has 0 aliphatic carbocycles. The molecule has 1 aromatic rings. The van der Waals surface area contributed by atoms with Gasteiger partial charge >= 0.3 is 0 Å². The van der Waals surface area contributed by atoms with Gasteiger partial charge in [0.15, 0.2) is 6.04 Å². The van der Waals surface area contributed by atoms with Gasteiger partial charge in [-0.3, -0.25) is 9.59 Å². The zero-order valence-corrected chi connectivity index (χ0v) is 17.2. The van der Waals surface area contributed by atoms with Crippen LogP contribution in [0.5, 0.6) is 5.75 Å². The number of nitrogens with zero attached hydrogens (tertiary/aromatic N) is 1. The van der Waals surface area contributed by atoms with Crippen LogP contribution in [-0.2, 0) is 9.59 Å². The summed E-state index contributed by atoms with van der Waals surface area (Å²) in [5, 5.41) is 2.06. The lowest BCUT2D eigenvalue weighted by Gasteiger charge is -2.27. The fourth-order valence-corrected chi connectivity index (χ4v) is 3.97. The average Bonchev–Trinajstić information content (AvgIpc) is 2.99. The first-order valence-electron chi connectivity index (χ1n) is 10.7. The highest BCUT2D eigenvalue weighted by Crippen LogP contribution is 2.24. The molecule has 0 bridgehead atoms. The van der Waals surface area contributed by atoms with E-state index in [4.69, 9.17) is 4.74 Å². The second kappa shape index (κ2) is 10.0. The number of nitrogens with one attached hydrogen (secondary N) is 2. The molecule has 2 fully saturated rings. The second-order valence-corrected chi connectivity index (χ2v) is 8.06. The predicted octanol–water partition coefficient (Wildman–Crippen LogP) is -2.53. The van der Waals surface area contributed by atoms with Crippen molar-refractivity contribution in [2.45, 2.75) is 32.2 Å². The minimum atomic E-state index is -0.282. The van der Waals surface area contributed by atoms with Crippen LogP contribution in [0.3, 0.4) is 0 Å². The first kappa shape index (κ1) is 20.8. The summed E-state index contributed by atoms with van der Waals surface area (Å²) >= 11 is 0. The van der Waals surface area contributed by atoms with E-state index >= 15 is 0 Å². The third-order valence-electron chi connectivity index (χ3n) is 5.75. The number of quaternary nitrogens is 3. The number of ether oxygens (including phenoxy) is 1. The highest BCUT2D eigenvalue weighted by Gasteiger charge is 2.42. The van der Waals surface area contributed by atoms with Gasteiger partial charge in [0.2, 0.25) is 5.91 Å². The van der Waals surface area contributed by atoms with E-state index in [1.165, 1.54) is 31.1 Å². The molecule has 2 amide bonds. The number of amides is 2. The molecule has 1 atom stereocenters. The molecule has 28 heavy (non-hydrogen) atoms. The standard InChI is InChI=1S/C21H32N4O3/c1-3-15-28-18-7-5-17(6-8-18)25-20(26)16-19(21(25)27)22-9-4-10-24-13-11-23(2)12-14-24/h5-8,19,22H,3-4,9-16H2,1-2H3/p+3/t19-/m1/s1. The number of carbonyl (C=O) groups excluding carboxylic acids is 2. The molecule has 4 N–H and O–H groups in total. The molecule has 0 saturated carbocycles. The number of rotatable bonds is 9. The number of hydrogen-bond acceptors (Lipinski definition) is 3. The summed E-state index contributed by atoms with van der Waals surface area (Å²) in [5.41, 5.74) is 0.638. The average molecular weight is 392 g/mol. The minimum Gasteiger partial charge on any atom is -0.494 e. The van der Waals surface area contributed by atoms with Crippen molar-refractivity contribution >= 4 is 17.5 Å². The molecule has 2 heterocycles. The minimum absolute atomic E-state index is 0.0947. The number of piperazine rings is 1. The highest BCUT2D eigenvalue weighted by molar-refractivity contribution is 6.21. The van der Waals surface area contributed by atoms with Crippen molar-refractivity contribution in [3.63, 3.8) is 0 Å². The Morgan fingerprint density at radius 2 is 1.86 bits per heavy atom. The fraction of sp³-hybridized carbons (Fsp3) is 0.619. The van der Waals surface area contributed by atoms with E-state index in [2.05, 4.69) is 19.3 Å². The van der Waals surface area contributed by atoms with Gasteiger partial charge in [-0.15, -0.1) is 0 Å². The first-order chi connectivity index (χ1) is 13.6. The molecule has 7 nitrogen and oxygen atoms in total. The van der Waals surface area contributed by atoms with Gasteiger partial charge in [-0.1, -0.05) is 6.92 Å². The van der Waals surface area contributed by atoms with Gasteiger partial charge in [0, 0.05) is 6.42 Å². The van der Waals surface area contributed by atoms with Crippen LogP contribution in [0.2, 0.25) is 0 Å². The van der Waals surface area contributed by atoms with Crippen molar-refractivity contribution < 1.29 is 29.4 Å². The quantitative estimate of drug-likeness (QED) is 0.321. The Bertz CT molecular complexity index is 656. The Hall–Kier alpha value is -1.96. The summed E-state index contributed by atoms with van der Waals surface area (Å²) in [6.07, 6.45) is 2.31. The molecule has 0 radical (unpaired) electrons. The van der Waals surface area contributed by atoms with Gasteiger partial charge in [0.25, 0.3) is 5.91 Å². The number of anilines is 1. The third kappa shape index (κ3) is 5.31. The largest absolute Gasteiger partial charge is 0.494 e. The third-order valence-corrected chi connectivity index (χ3v) is 5.75. The first-order valence-corrected chi connectivity index (χ1v) is 10.7. The molecule has 7 heteroatoms. The number of hydrogen-bond donors (Lipinski definition) is 3. The van der Waals surface area contributed by atoms with Crippen molar-refractivity contribution in [3.8, 4) is 5.75 Å². The summed E-state index contributed by atoms with van der Waals surface area (Å²) < 4.78 is 5.57. The maximum absolute atomic E-state index is 12.7. The molecule has 1 aromatic carbocycles. The maximum Gasteiger partial charge on any atom is 0.292 e. The molecule has 0 unspecified atom stereocenters. The van der Waals surface area contributed by atoms with E-state index in [0.717, 1.165) is 31.7 Å². The van der Waals surface area contributed by atoms with Crippen LogP contribution in [0.15, 0.2) is 24.3 Å². The van der Waals surface area contributed by atoms with Crippen molar-refractivity contribution in [3.05, 3.63) is 24.3 Å². The molecule has 154 valence electrons. The summed E-state index contributed by atoms with van der Waals surface area (Å²) in [4.78, 5) is 29.8. The van der Waals surface area contributed by atoms with Crippen molar-refractivity contribution in [1.82, 2.24) is 0 Å². The molecular weight excluding hydrogens is 356 g/mol. The molecule has 0 spiro atoms. The van der Waals surface area contributed by atoms with Crippen molar-refractivity contribution in [2.24, 2.45) is 0 Å². The monoisotopic (exact) mass is 391 g/mol. The van der Waals surface area contributed by atoms with Gasteiger partial charge in [0.1, 0.15) is 31.9 Å². The number of likely N-dealkylation sites (N-methyl/N-ethyl adjacent to an activating group) is 1. The van der Waals surface area contributed by atoms with E-state index < -0.39 is 0 Å². The number of benzene rings is 1. The van der Waals surface area contributed by atoms with E-state index in [1.807, 2.05) is 12.1 Å². The molecule has 2 aliphatic rings. The smallest absolute Gasteiger partial charge is 0.292 e. The molecule has 0 aromatic heterocycles. The second-order valence-electron chi connectivity index (χ2n) is 8.06. The van der Waals surface area contributed by atoms with Crippen molar-refractivity contribution in [1.29, 1.82) is 0 Å². The maximum atomic E-state index is 12.7. The Kier molecular flexibility index (Phi) is 7.42. The van der Waals surface area contributed by atoms with E-state index in [-0.39, 0.29) is 24.3 Å². The van der Waals surface area contributed by atoms with Gasteiger partial charge in [-0.25, -0.2) is 4.90 Å². The molecule has 3 rings (SSSR count). The Labute approximate surface area is 167 Å².